The van der Waals surface area contributed by atoms with Gasteiger partial charge >= 0.3 is 0 Å². The highest BCUT2D eigenvalue weighted by molar-refractivity contribution is 5.96. The van der Waals surface area contributed by atoms with Crippen LogP contribution in [0.5, 0.6) is 23.0 Å². The van der Waals surface area contributed by atoms with Crippen LogP contribution in [0.15, 0.2) is 36.4 Å². The summed E-state index contributed by atoms with van der Waals surface area (Å²) in [6.07, 6.45) is 0.567. The van der Waals surface area contributed by atoms with Gasteiger partial charge in [0.2, 0.25) is 0 Å². The molecule has 0 radical (unpaired) electrons. The van der Waals surface area contributed by atoms with Gasteiger partial charge in [-0.1, -0.05) is 12.1 Å². The van der Waals surface area contributed by atoms with E-state index < -0.39 is 0 Å². The van der Waals surface area contributed by atoms with Gasteiger partial charge in [0.05, 0.1) is 34.0 Å². The number of hydrogen-bond donors (Lipinski definition) is 1. The van der Waals surface area contributed by atoms with Crippen molar-refractivity contribution >= 4 is 5.91 Å². The molecule has 1 N–H and O–H groups in total. The minimum atomic E-state index is -0.189. The molecule has 2 aromatic rings. The predicted molar refractivity (Wildman–Crippen MR) is 95.1 cm³/mol. The van der Waals surface area contributed by atoms with Gasteiger partial charge in [0.1, 0.15) is 11.5 Å². The molecule has 2 aromatic carbocycles. The molecule has 0 fully saturated rings. The zero-order valence-electron chi connectivity index (χ0n) is 14.9. The second-order valence-electron chi connectivity index (χ2n) is 5.23. The van der Waals surface area contributed by atoms with Crippen LogP contribution in [-0.2, 0) is 6.42 Å². The third-order valence-electron chi connectivity index (χ3n) is 3.80. The molecule has 25 heavy (non-hydrogen) atoms. The fourth-order valence-corrected chi connectivity index (χ4v) is 2.56. The van der Waals surface area contributed by atoms with E-state index in [0.717, 1.165) is 5.56 Å². The molecule has 0 aliphatic carbocycles. The van der Waals surface area contributed by atoms with Crippen molar-refractivity contribution in [2.75, 3.05) is 35.0 Å². The van der Waals surface area contributed by atoms with E-state index in [1.54, 1.807) is 52.7 Å². The van der Waals surface area contributed by atoms with Crippen molar-refractivity contribution in [1.29, 1.82) is 0 Å². The molecule has 6 heteroatoms. The maximum absolute atomic E-state index is 12.3. The Morgan fingerprint density at radius 3 is 2.28 bits per heavy atom. The van der Waals surface area contributed by atoms with Crippen molar-refractivity contribution in [3.63, 3.8) is 0 Å². The van der Waals surface area contributed by atoms with Crippen molar-refractivity contribution in [3.05, 3.63) is 47.5 Å². The van der Waals surface area contributed by atoms with Crippen LogP contribution in [0, 0.1) is 0 Å². The Balaban J connectivity index is 2.10. The van der Waals surface area contributed by atoms with E-state index in [2.05, 4.69) is 5.32 Å². The van der Waals surface area contributed by atoms with E-state index in [1.165, 1.54) is 0 Å². The molecule has 6 nitrogen and oxygen atoms in total. The minimum absolute atomic E-state index is 0.189. The molecule has 1 amide bonds. The molecule has 0 saturated carbocycles. The van der Waals surface area contributed by atoms with Gasteiger partial charge in [0, 0.05) is 18.2 Å². The average molecular weight is 345 g/mol. The number of methoxy groups -OCH3 is 4. The van der Waals surface area contributed by atoms with Crippen molar-refractivity contribution < 1.29 is 23.7 Å². The Morgan fingerprint density at radius 2 is 1.64 bits per heavy atom. The van der Waals surface area contributed by atoms with Crippen molar-refractivity contribution in [2.45, 2.75) is 6.42 Å². The Hall–Kier alpha value is -2.89. The smallest absolute Gasteiger partial charge is 0.255 e. The summed E-state index contributed by atoms with van der Waals surface area (Å²) in [7, 11) is 6.29. The van der Waals surface area contributed by atoms with E-state index in [0.29, 0.717) is 41.5 Å². The van der Waals surface area contributed by atoms with Gasteiger partial charge in [-0.25, -0.2) is 0 Å². The fraction of sp³-hybridized carbons (Fsp3) is 0.316. The molecule has 0 bridgehead atoms. The summed E-state index contributed by atoms with van der Waals surface area (Å²) in [6.45, 7) is 0.434. The van der Waals surface area contributed by atoms with E-state index in [1.807, 2.05) is 12.1 Å². The van der Waals surface area contributed by atoms with Crippen molar-refractivity contribution in [2.24, 2.45) is 0 Å². The Kier molecular flexibility index (Phi) is 6.51. The maximum Gasteiger partial charge on any atom is 0.255 e. The summed E-state index contributed by atoms with van der Waals surface area (Å²) >= 11 is 0. The molecule has 0 aromatic heterocycles. The third kappa shape index (κ3) is 4.35. The molecule has 0 heterocycles. The first-order chi connectivity index (χ1) is 12.1. The van der Waals surface area contributed by atoms with Crippen LogP contribution in [0.3, 0.4) is 0 Å². The third-order valence-corrected chi connectivity index (χ3v) is 3.80. The molecule has 0 unspecified atom stereocenters. The first-order valence-corrected chi connectivity index (χ1v) is 7.84. The molecular weight excluding hydrogens is 322 g/mol. The topological polar surface area (TPSA) is 66.0 Å². The summed E-state index contributed by atoms with van der Waals surface area (Å²) in [5, 5.41) is 2.89. The predicted octanol–water partition coefficient (Wildman–Crippen LogP) is 2.69. The lowest BCUT2D eigenvalue weighted by Crippen LogP contribution is -2.26. The highest BCUT2D eigenvalue weighted by Gasteiger charge is 2.14. The van der Waals surface area contributed by atoms with Gasteiger partial charge in [-0.2, -0.15) is 0 Å². The maximum atomic E-state index is 12.3. The zero-order valence-corrected chi connectivity index (χ0v) is 14.9. The lowest BCUT2D eigenvalue weighted by atomic mass is 10.1. The molecule has 0 atom stereocenters. The normalized spacial score (nSPS) is 10.1. The summed E-state index contributed by atoms with van der Waals surface area (Å²) in [4.78, 5) is 12.3. The number of amides is 1. The van der Waals surface area contributed by atoms with Crippen LogP contribution >= 0.6 is 0 Å². The van der Waals surface area contributed by atoms with Crippen LogP contribution in [0.1, 0.15) is 15.9 Å². The monoisotopic (exact) mass is 345 g/mol. The first-order valence-electron chi connectivity index (χ1n) is 7.84. The molecule has 0 saturated heterocycles. The number of ether oxygens (including phenoxy) is 4. The highest BCUT2D eigenvalue weighted by Crippen LogP contribution is 2.35. The van der Waals surface area contributed by atoms with Gasteiger partial charge in [-0.05, 0) is 24.6 Å². The van der Waals surface area contributed by atoms with Gasteiger partial charge in [0.15, 0.2) is 11.5 Å². The standard InChI is InChI=1S/C19H23NO5/c1-22-14-11-13(18(25-4)17(12-14)24-3)9-10-20-19(21)15-7-5-6-8-16(15)23-2/h5-8,11-12H,9-10H2,1-4H3,(H,20,21). The summed E-state index contributed by atoms with van der Waals surface area (Å²) < 4.78 is 21.3. The number of carbonyl (C=O) groups is 1. The van der Waals surface area contributed by atoms with Gasteiger partial charge in [0.25, 0.3) is 5.91 Å². The fourth-order valence-electron chi connectivity index (χ4n) is 2.56. The number of rotatable bonds is 8. The first kappa shape index (κ1) is 18.4. The van der Waals surface area contributed by atoms with Gasteiger partial charge in [-0.15, -0.1) is 0 Å². The zero-order chi connectivity index (χ0) is 18.2. The molecule has 0 aliphatic rings. The molecule has 2 rings (SSSR count). The molecular formula is C19H23NO5. The summed E-state index contributed by atoms with van der Waals surface area (Å²) in [5.74, 6) is 2.25. The number of nitrogens with one attached hydrogen (secondary N) is 1. The molecule has 0 spiro atoms. The lowest BCUT2D eigenvalue weighted by Gasteiger charge is -2.15. The Morgan fingerprint density at radius 1 is 0.920 bits per heavy atom. The molecule has 0 aliphatic heterocycles. The van der Waals surface area contributed by atoms with Crippen molar-refractivity contribution in [3.8, 4) is 23.0 Å². The van der Waals surface area contributed by atoms with Crippen LogP contribution in [0.4, 0.5) is 0 Å². The number of carbonyl (C=O) groups excluding carboxylic acids is 1. The van der Waals surface area contributed by atoms with Crippen LogP contribution < -0.4 is 24.3 Å². The quantitative estimate of drug-likeness (QED) is 0.797. The van der Waals surface area contributed by atoms with Crippen molar-refractivity contribution in [1.82, 2.24) is 5.32 Å². The summed E-state index contributed by atoms with van der Waals surface area (Å²) in [5.41, 5.74) is 1.39. The molecule has 134 valence electrons. The SMILES string of the molecule is COc1cc(CCNC(=O)c2ccccc2OC)c(OC)c(OC)c1. The number of hydrogen-bond acceptors (Lipinski definition) is 5. The summed E-state index contributed by atoms with van der Waals surface area (Å²) in [6, 6.07) is 10.7. The van der Waals surface area contributed by atoms with Crippen LogP contribution in [0.2, 0.25) is 0 Å². The van der Waals surface area contributed by atoms with E-state index >= 15 is 0 Å². The second kappa shape index (κ2) is 8.82. The van der Waals surface area contributed by atoms with Gasteiger partial charge in [-0.3, -0.25) is 4.79 Å². The highest BCUT2D eigenvalue weighted by atomic mass is 16.5. The Labute approximate surface area is 147 Å². The second-order valence-corrected chi connectivity index (χ2v) is 5.23. The Bertz CT molecular complexity index is 730. The number of para-hydroxylation sites is 1. The minimum Gasteiger partial charge on any atom is -0.497 e. The lowest BCUT2D eigenvalue weighted by molar-refractivity contribution is 0.0951. The number of benzene rings is 2. The van der Waals surface area contributed by atoms with E-state index in [4.69, 9.17) is 18.9 Å². The van der Waals surface area contributed by atoms with Crippen LogP contribution in [0.25, 0.3) is 0 Å². The van der Waals surface area contributed by atoms with Gasteiger partial charge < -0.3 is 24.3 Å². The van der Waals surface area contributed by atoms with E-state index in [9.17, 15) is 4.79 Å². The van der Waals surface area contributed by atoms with Crippen LogP contribution in [-0.4, -0.2) is 40.9 Å². The van der Waals surface area contributed by atoms with E-state index in [-0.39, 0.29) is 5.91 Å². The average Bonchev–Trinajstić information content (AvgIpc) is 2.66. The largest absolute Gasteiger partial charge is 0.497 e.